The van der Waals surface area contributed by atoms with Crippen LogP contribution in [0.4, 0.5) is 0 Å². The molecule has 5 aromatic rings. The zero-order valence-corrected chi connectivity index (χ0v) is 15.8. The van der Waals surface area contributed by atoms with Crippen molar-refractivity contribution >= 4 is 16.6 Å². The molecule has 0 spiro atoms. The third-order valence-corrected chi connectivity index (χ3v) is 4.98. The zero-order valence-electron chi connectivity index (χ0n) is 15.8. The molecule has 0 atom stereocenters. The number of rotatable bonds is 2. The van der Waals surface area contributed by atoms with E-state index in [0.29, 0.717) is 5.39 Å². The van der Waals surface area contributed by atoms with E-state index < -0.39 is 0 Å². The summed E-state index contributed by atoms with van der Waals surface area (Å²) in [6.07, 6.45) is 1.71. The van der Waals surface area contributed by atoms with Crippen LogP contribution in [0.3, 0.4) is 0 Å². The second-order valence-electron chi connectivity index (χ2n) is 7.00. The number of aromatic nitrogens is 6. The largest absolute Gasteiger partial charge is 0.296 e. The lowest BCUT2D eigenvalue weighted by atomic mass is 10.1. The molecule has 0 aliphatic heterocycles. The predicted molar refractivity (Wildman–Crippen MR) is 108 cm³/mol. The Kier molecular flexibility index (Phi) is 3.45. The van der Waals surface area contributed by atoms with Crippen LogP contribution in [0.2, 0.25) is 0 Å². The summed E-state index contributed by atoms with van der Waals surface area (Å²) in [6.45, 7) is 3.93. The molecule has 0 amide bonds. The SMILES string of the molecule is Cc1cc(-c2cc3n(C)c(=O)c4ccc(-c5ccn[nH]5)cc4n3n2)cc(C)n1. The number of fused-ring (bicyclic) bond motifs is 3. The number of aryl methyl sites for hydroxylation is 3. The molecule has 1 N–H and O–H groups in total. The predicted octanol–water partition coefficient (Wildman–Crippen LogP) is 3.26. The summed E-state index contributed by atoms with van der Waals surface area (Å²) < 4.78 is 3.46. The van der Waals surface area contributed by atoms with Gasteiger partial charge in [-0.05, 0) is 44.2 Å². The second-order valence-corrected chi connectivity index (χ2v) is 7.00. The molecular formula is C21H18N6O. The Balaban J connectivity index is 1.83. The topological polar surface area (TPSA) is 80.9 Å². The summed E-state index contributed by atoms with van der Waals surface area (Å²) in [6, 6.07) is 13.6. The lowest BCUT2D eigenvalue weighted by Crippen LogP contribution is -2.19. The normalized spacial score (nSPS) is 11.5. The molecule has 138 valence electrons. The standard InChI is InChI=1S/C21H18N6O/c1-12-8-15(9-13(2)23-12)18-11-20-26(3)21(28)16-5-4-14(17-6-7-22-24-17)10-19(16)27(20)25-18/h4-11H,1-3H3,(H,22,24). The third kappa shape index (κ3) is 2.44. The average Bonchev–Trinajstić information content (AvgIpc) is 3.35. The van der Waals surface area contributed by atoms with Gasteiger partial charge >= 0.3 is 0 Å². The number of benzene rings is 1. The van der Waals surface area contributed by atoms with Gasteiger partial charge in [-0.3, -0.25) is 19.4 Å². The molecule has 5 rings (SSSR count). The van der Waals surface area contributed by atoms with Crippen LogP contribution in [0.15, 0.2) is 53.5 Å². The van der Waals surface area contributed by atoms with Crippen molar-refractivity contribution in [3.8, 4) is 22.5 Å². The van der Waals surface area contributed by atoms with Crippen molar-refractivity contribution in [2.75, 3.05) is 0 Å². The fraction of sp³-hybridized carbons (Fsp3) is 0.143. The molecule has 4 aromatic heterocycles. The van der Waals surface area contributed by atoms with E-state index in [1.54, 1.807) is 17.8 Å². The second kappa shape index (κ2) is 5.88. The van der Waals surface area contributed by atoms with Crippen LogP contribution in [0.1, 0.15) is 11.4 Å². The zero-order chi connectivity index (χ0) is 19.4. The Morgan fingerprint density at radius 2 is 1.75 bits per heavy atom. The van der Waals surface area contributed by atoms with Gasteiger partial charge in [-0.1, -0.05) is 6.07 Å². The van der Waals surface area contributed by atoms with Crippen LogP contribution in [0.5, 0.6) is 0 Å². The number of H-pyrrole nitrogens is 1. The molecule has 7 nitrogen and oxygen atoms in total. The van der Waals surface area contributed by atoms with Crippen LogP contribution >= 0.6 is 0 Å². The Morgan fingerprint density at radius 3 is 2.46 bits per heavy atom. The summed E-state index contributed by atoms with van der Waals surface area (Å²) in [5, 5.41) is 12.4. The molecule has 0 bridgehead atoms. The third-order valence-electron chi connectivity index (χ3n) is 4.98. The van der Waals surface area contributed by atoms with E-state index in [2.05, 4.69) is 15.2 Å². The van der Waals surface area contributed by atoms with Gasteiger partial charge in [0.05, 0.1) is 22.3 Å². The lowest BCUT2D eigenvalue weighted by molar-refractivity contribution is 0.850. The highest BCUT2D eigenvalue weighted by Crippen LogP contribution is 2.25. The number of aromatic amines is 1. The number of nitrogens with zero attached hydrogens (tertiary/aromatic N) is 5. The molecule has 0 fully saturated rings. The van der Waals surface area contributed by atoms with Gasteiger partial charge in [-0.15, -0.1) is 0 Å². The summed E-state index contributed by atoms with van der Waals surface area (Å²) in [5.41, 5.74) is 6.96. The van der Waals surface area contributed by atoms with Crippen LogP contribution in [-0.2, 0) is 7.05 Å². The van der Waals surface area contributed by atoms with Gasteiger partial charge in [-0.2, -0.15) is 10.2 Å². The molecule has 28 heavy (non-hydrogen) atoms. The van der Waals surface area contributed by atoms with Crippen LogP contribution in [0.25, 0.3) is 39.1 Å². The Hall–Kier alpha value is -3.74. The molecular weight excluding hydrogens is 352 g/mol. The van der Waals surface area contributed by atoms with Gasteiger partial charge in [0.15, 0.2) is 0 Å². The quantitative estimate of drug-likeness (QED) is 0.517. The highest BCUT2D eigenvalue weighted by Gasteiger charge is 2.14. The van der Waals surface area contributed by atoms with Crippen LogP contribution in [-0.4, -0.2) is 29.4 Å². The number of hydrogen-bond donors (Lipinski definition) is 1. The van der Waals surface area contributed by atoms with E-state index in [1.165, 1.54) is 0 Å². The monoisotopic (exact) mass is 370 g/mol. The van der Waals surface area contributed by atoms with E-state index >= 15 is 0 Å². The van der Waals surface area contributed by atoms with E-state index in [1.807, 2.05) is 60.8 Å². The highest BCUT2D eigenvalue weighted by molar-refractivity contribution is 5.85. The van der Waals surface area contributed by atoms with Gasteiger partial charge in [0.1, 0.15) is 5.65 Å². The summed E-state index contributed by atoms with van der Waals surface area (Å²) in [7, 11) is 1.77. The van der Waals surface area contributed by atoms with Crippen molar-refractivity contribution in [1.29, 1.82) is 0 Å². The molecule has 0 radical (unpaired) electrons. The number of hydrogen-bond acceptors (Lipinski definition) is 4. The Bertz CT molecular complexity index is 1390. The number of pyridine rings is 1. The molecule has 7 heteroatoms. The first-order valence-electron chi connectivity index (χ1n) is 8.99. The van der Waals surface area contributed by atoms with Crippen molar-refractivity contribution < 1.29 is 0 Å². The molecule has 0 unspecified atom stereocenters. The molecule has 1 aromatic carbocycles. The maximum Gasteiger partial charge on any atom is 0.261 e. The highest BCUT2D eigenvalue weighted by atomic mass is 16.1. The van der Waals surface area contributed by atoms with Crippen molar-refractivity contribution in [2.45, 2.75) is 13.8 Å². The maximum atomic E-state index is 12.9. The average molecular weight is 370 g/mol. The van der Waals surface area contributed by atoms with Crippen molar-refractivity contribution in [3.05, 3.63) is 70.4 Å². The summed E-state index contributed by atoms with van der Waals surface area (Å²) >= 11 is 0. The Morgan fingerprint density at radius 1 is 0.964 bits per heavy atom. The first-order chi connectivity index (χ1) is 13.5. The Labute approximate surface area is 160 Å². The molecule has 0 aliphatic rings. The van der Waals surface area contributed by atoms with Gasteiger partial charge in [0.25, 0.3) is 5.56 Å². The van der Waals surface area contributed by atoms with Crippen molar-refractivity contribution in [3.63, 3.8) is 0 Å². The minimum absolute atomic E-state index is 0.0489. The number of nitrogens with one attached hydrogen (secondary N) is 1. The first-order valence-corrected chi connectivity index (χ1v) is 8.99. The van der Waals surface area contributed by atoms with Gasteiger partial charge < -0.3 is 0 Å². The molecule has 0 aliphatic carbocycles. The van der Waals surface area contributed by atoms with Crippen molar-refractivity contribution in [2.24, 2.45) is 7.05 Å². The smallest absolute Gasteiger partial charge is 0.261 e. The minimum Gasteiger partial charge on any atom is -0.296 e. The van der Waals surface area contributed by atoms with E-state index in [0.717, 1.165) is 45.1 Å². The van der Waals surface area contributed by atoms with E-state index in [-0.39, 0.29) is 5.56 Å². The van der Waals surface area contributed by atoms with Crippen LogP contribution < -0.4 is 5.56 Å². The minimum atomic E-state index is -0.0489. The van der Waals surface area contributed by atoms with Gasteiger partial charge in [0.2, 0.25) is 0 Å². The van der Waals surface area contributed by atoms with Crippen molar-refractivity contribution in [1.82, 2.24) is 29.4 Å². The summed E-state index contributed by atoms with van der Waals surface area (Å²) in [5.74, 6) is 0. The fourth-order valence-corrected chi connectivity index (χ4v) is 3.67. The van der Waals surface area contributed by atoms with Gasteiger partial charge in [-0.25, -0.2) is 4.52 Å². The molecule has 0 saturated heterocycles. The lowest BCUT2D eigenvalue weighted by Gasteiger charge is -2.07. The van der Waals surface area contributed by atoms with E-state index in [4.69, 9.17) is 5.10 Å². The first kappa shape index (κ1) is 16.4. The molecule has 4 heterocycles. The molecule has 0 saturated carbocycles. The van der Waals surface area contributed by atoms with E-state index in [9.17, 15) is 4.79 Å². The van der Waals surface area contributed by atoms with Gasteiger partial charge in [0, 0.05) is 41.8 Å². The maximum absolute atomic E-state index is 12.9. The summed E-state index contributed by atoms with van der Waals surface area (Å²) in [4.78, 5) is 17.3. The fourth-order valence-electron chi connectivity index (χ4n) is 3.67. The van der Waals surface area contributed by atoms with Crippen LogP contribution in [0, 0.1) is 13.8 Å².